The molecule has 0 aromatic heterocycles. The van der Waals surface area contributed by atoms with Crippen LogP contribution >= 0.6 is 11.6 Å². The minimum Gasteiger partial charge on any atom is -0.494 e. The lowest BCUT2D eigenvalue weighted by atomic mass is 10.2. The average molecular weight is 328 g/mol. The minimum absolute atomic E-state index is 0.254. The van der Waals surface area contributed by atoms with Crippen molar-refractivity contribution < 1.29 is 14.3 Å². The van der Waals surface area contributed by atoms with Crippen LogP contribution in [0.15, 0.2) is 59.2 Å². The van der Waals surface area contributed by atoms with Crippen LogP contribution in [0, 0.1) is 0 Å². The Hall–Kier alpha value is -2.59. The molecule has 1 heterocycles. The summed E-state index contributed by atoms with van der Waals surface area (Å²) in [6.45, 7) is 2.54. The second kappa shape index (κ2) is 6.67. The third kappa shape index (κ3) is 3.60. The van der Waals surface area contributed by atoms with E-state index in [1.807, 2.05) is 31.2 Å². The number of ether oxygens (including phenoxy) is 2. The van der Waals surface area contributed by atoms with Crippen LogP contribution < -0.4 is 4.74 Å². The maximum Gasteiger partial charge on any atom is 0.363 e. The number of hydrogen-bond donors (Lipinski definition) is 0. The van der Waals surface area contributed by atoms with Gasteiger partial charge < -0.3 is 9.47 Å². The Balaban J connectivity index is 1.85. The number of benzene rings is 2. The number of aliphatic imine (C=N–C) groups is 1. The molecule has 0 saturated carbocycles. The number of hydrogen-bond acceptors (Lipinski definition) is 4. The van der Waals surface area contributed by atoms with Crippen LogP contribution in [0.4, 0.5) is 0 Å². The molecule has 4 nitrogen and oxygen atoms in total. The topological polar surface area (TPSA) is 47.9 Å². The van der Waals surface area contributed by atoms with Gasteiger partial charge in [0.1, 0.15) is 5.75 Å². The van der Waals surface area contributed by atoms with E-state index in [-0.39, 0.29) is 11.6 Å². The summed E-state index contributed by atoms with van der Waals surface area (Å²) < 4.78 is 10.6. The van der Waals surface area contributed by atoms with Gasteiger partial charge >= 0.3 is 5.97 Å². The highest BCUT2D eigenvalue weighted by molar-refractivity contribution is 6.31. The maximum atomic E-state index is 12.0. The van der Waals surface area contributed by atoms with Gasteiger partial charge in [-0.05, 0) is 48.9 Å². The summed E-state index contributed by atoms with van der Waals surface area (Å²) in [5, 5.41) is 0.560. The van der Waals surface area contributed by atoms with Crippen molar-refractivity contribution in [3.8, 4) is 5.75 Å². The molecule has 0 bridgehead atoms. The highest BCUT2D eigenvalue weighted by Gasteiger charge is 2.24. The summed E-state index contributed by atoms with van der Waals surface area (Å²) in [7, 11) is 0. The summed E-state index contributed by atoms with van der Waals surface area (Å²) in [5.41, 5.74) is 1.77. The fourth-order valence-corrected chi connectivity index (χ4v) is 2.33. The van der Waals surface area contributed by atoms with Gasteiger partial charge in [0.25, 0.3) is 0 Å². The smallest absolute Gasteiger partial charge is 0.363 e. The Bertz CT molecular complexity index is 794. The largest absolute Gasteiger partial charge is 0.494 e. The van der Waals surface area contributed by atoms with Crippen molar-refractivity contribution in [1.82, 2.24) is 0 Å². The molecule has 1 aliphatic rings. The van der Waals surface area contributed by atoms with E-state index in [2.05, 4.69) is 4.99 Å². The maximum absolute atomic E-state index is 12.0. The monoisotopic (exact) mass is 327 g/mol. The van der Waals surface area contributed by atoms with Crippen molar-refractivity contribution >= 4 is 29.5 Å². The van der Waals surface area contributed by atoms with E-state index in [1.54, 1.807) is 30.3 Å². The van der Waals surface area contributed by atoms with Crippen molar-refractivity contribution in [3.63, 3.8) is 0 Å². The van der Waals surface area contributed by atoms with E-state index >= 15 is 0 Å². The molecule has 116 valence electrons. The summed E-state index contributed by atoms with van der Waals surface area (Å²) in [6, 6.07) is 14.4. The molecule has 0 N–H and O–H groups in total. The van der Waals surface area contributed by atoms with Crippen LogP contribution in [-0.4, -0.2) is 18.5 Å². The fraction of sp³-hybridized carbons (Fsp3) is 0.111. The van der Waals surface area contributed by atoms with E-state index in [4.69, 9.17) is 21.1 Å². The van der Waals surface area contributed by atoms with Crippen LogP contribution in [0.2, 0.25) is 5.02 Å². The van der Waals surface area contributed by atoms with E-state index in [0.717, 1.165) is 11.3 Å². The Labute approximate surface area is 139 Å². The number of carbonyl (C=O) groups excluding carboxylic acids is 1. The van der Waals surface area contributed by atoms with Gasteiger partial charge in [-0.1, -0.05) is 29.8 Å². The van der Waals surface area contributed by atoms with Crippen LogP contribution in [0.3, 0.4) is 0 Å². The molecule has 0 radical (unpaired) electrons. The standard InChI is InChI=1S/C18H14ClNO3/c1-2-22-15-8-6-12(7-9-15)10-16-18(21)23-17(20-16)13-4-3-5-14(19)11-13/h3-11H,2H2,1H3/b16-10+. The number of halogens is 1. The highest BCUT2D eigenvalue weighted by Crippen LogP contribution is 2.21. The predicted molar refractivity (Wildman–Crippen MR) is 89.7 cm³/mol. The van der Waals surface area contributed by atoms with E-state index < -0.39 is 5.97 Å². The molecular formula is C18H14ClNO3. The zero-order valence-corrected chi connectivity index (χ0v) is 13.2. The number of carbonyl (C=O) groups is 1. The second-order valence-electron chi connectivity index (χ2n) is 4.85. The molecule has 0 aliphatic carbocycles. The molecule has 0 atom stereocenters. The summed E-state index contributed by atoms with van der Waals surface area (Å²) in [6.07, 6.45) is 1.68. The Kier molecular flexibility index (Phi) is 4.44. The minimum atomic E-state index is -0.478. The Morgan fingerprint density at radius 3 is 2.70 bits per heavy atom. The van der Waals surface area contributed by atoms with Gasteiger partial charge in [0.05, 0.1) is 6.61 Å². The zero-order chi connectivity index (χ0) is 16.2. The van der Waals surface area contributed by atoms with Crippen LogP contribution in [0.1, 0.15) is 18.1 Å². The third-order valence-electron chi connectivity index (χ3n) is 3.19. The molecule has 3 rings (SSSR count). The third-order valence-corrected chi connectivity index (χ3v) is 3.42. The Morgan fingerprint density at radius 2 is 2.00 bits per heavy atom. The van der Waals surface area contributed by atoms with Gasteiger partial charge in [0.2, 0.25) is 5.90 Å². The number of esters is 1. The van der Waals surface area contributed by atoms with E-state index in [1.165, 1.54) is 0 Å². The lowest BCUT2D eigenvalue weighted by molar-refractivity contribution is -0.129. The number of cyclic esters (lactones) is 1. The molecule has 23 heavy (non-hydrogen) atoms. The summed E-state index contributed by atoms with van der Waals surface area (Å²) in [5.74, 6) is 0.565. The van der Waals surface area contributed by atoms with Gasteiger partial charge in [-0.25, -0.2) is 9.79 Å². The quantitative estimate of drug-likeness (QED) is 0.628. The zero-order valence-electron chi connectivity index (χ0n) is 12.5. The first-order valence-corrected chi connectivity index (χ1v) is 7.55. The van der Waals surface area contributed by atoms with Crippen molar-refractivity contribution in [2.75, 3.05) is 6.61 Å². The van der Waals surface area contributed by atoms with Crippen LogP contribution in [0.5, 0.6) is 5.75 Å². The van der Waals surface area contributed by atoms with Crippen molar-refractivity contribution in [3.05, 3.63) is 70.4 Å². The number of rotatable bonds is 4. The molecule has 0 spiro atoms. The molecule has 2 aromatic carbocycles. The molecular weight excluding hydrogens is 314 g/mol. The SMILES string of the molecule is CCOc1ccc(/C=C2/N=C(c3cccc(Cl)c3)OC2=O)cc1. The molecule has 2 aromatic rings. The van der Waals surface area contributed by atoms with Crippen molar-refractivity contribution in [1.29, 1.82) is 0 Å². The molecule has 0 unspecified atom stereocenters. The fourth-order valence-electron chi connectivity index (χ4n) is 2.14. The van der Waals surface area contributed by atoms with Gasteiger partial charge in [0, 0.05) is 10.6 Å². The molecule has 0 amide bonds. The first-order chi connectivity index (χ1) is 11.2. The number of nitrogens with zero attached hydrogens (tertiary/aromatic N) is 1. The van der Waals surface area contributed by atoms with Gasteiger partial charge in [-0.3, -0.25) is 0 Å². The summed E-state index contributed by atoms with van der Waals surface area (Å²) in [4.78, 5) is 16.2. The predicted octanol–water partition coefficient (Wildman–Crippen LogP) is 4.08. The van der Waals surface area contributed by atoms with Gasteiger partial charge in [-0.15, -0.1) is 0 Å². The van der Waals surface area contributed by atoms with Crippen LogP contribution in [0.25, 0.3) is 6.08 Å². The lowest BCUT2D eigenvalue weighted by Gasteiger charge is -2.02. The molecule has 1 aliphatic heterocycles. The second-order valence-corrected chi connectivity index (χ2v) is 5.28. The van der Waals surface area contributed by atoms with Gasteiger partial charge in [-0.2, -0.15) is 0 Å². The lowest BCUT2D eigenvalue weighted by Crippen LogP contribution is -2.05. The first kappa shape index (κ1) is 15.3. The summed E-state index contributed by atoms with van der Waals surface area (Å²) >= 11 is 5.94. The van der Waals surface area contributed by atoms with Crippen molar-refractivity contribution in [2.45, 2.75) is 6.92 Å². The van der Waals surface area contributed by atoms with Crippen LogP contribution in [-0.2, 0) is 9.53 Å². The Morgan fingerprint density at radius 1 is 1.22 bits per heavy atom. The molecule has 5 heteroatoms. The van der Waals surface area contributed by atoms with Gasteiger partial charge in [0.15, 0.2) is 5.70 Å². The highest BCUT2D eigenvalue weighted by atomic mass is 35.5. The normalized spacial score (nSPS) is 15.5. The molecule has 0 fully saturated rings. The van der Waals surface area contributed by atoms with E-state index in [0.29, 0.717) is 17.2 Å². The molecule has 0 saturated heterocycles. The average Bonchev–Trinajstić information content (AvgIpc) is 2.91. The first-order valence-electron chi connectivity index (χ1n) is 7.17. The van der Waals surface area contributed by atoms with Crippen molar-refractivity contribution in [2.24, 2.45) is 4.99 Å². The van der Waals surface area contributed by atoms with E-state index in [9.17, 15) is 4.79 Å².